The Morgan fingerprint density at radius 3 is 3.12 bits per heavy atom. The van der Waals surface area contributed by atoms with E-state index >= 15 is 0 Å². The number of nitrogens with one attached hydrogen (secondary N) is 1. The summed E-state index contributed by atoms with van der Waals surface area (Å²) in [6.45, 7) is 2.22. The van der Waals surface area contributed by atoms with E-state index in [1.807, 2.05) is 0 Å². The van der Waals surface area contributed by atoms with Gasteiger partial charge in [-0.25, -0.2) is 9.37 Å². The molecule has 0 radical (unpaired) electrons. The molecule has 94 valence electrons. The molecule has 17 heavy (non-hydrogen) atoms. The minimum absolute atomic E-state index is 0.200. The van der Waals surface area contributed by atoms with E-state index in [1.54, 1.807) is 12.3 Å². The van der Waals surface area contributed by atoms with Crippen molar-refractivity contribution in [3.05, 3.63) is 24.1 Å². The molecule has 0 saturated heterocycles. The fourth-order valence-electron chi connectivity index (χ4n) is 2.66. The van der Waals surface area contributed by atoms with Crippen molar-refractivity contribution < 1.29 is 4.39 Å². The van der Waals surface area contributed by atoms with Gasteiger partial charge >= 0.3 is 0 Å². The van der Waals surface area contributed by atoms with E-state index in [2.05, 4.69) is 17.2 Å². The maximum Gasteiger partial charge on any atom is 0.165 e. The van der Waals surface area contributed by atoms with Gasteiger partial charge in [0.1, 0.15) is 0 Å². The molecule has 4 heteroatoms. The molecule has 1 aromatic heterocycles. The monoisotopic (exact) mass is 256 g/mol. The predicted molar refractivity (Wildman–Crippen MR) is 68.9 cm³/mol. The van der Waals surface area contributed by atoms with Gasteiger partial charge in [0, 0.05) is 12.1 Å². The van der Waals surface area contributed by atoms with Gasteiger partial charge in [-0.15, -0.1) is 11.6 Å². The van der Waals surface area contributed by atoms with E-state index in [0.29, 0.717) is 17.6 Å². The van der Waals surface area contributed by atoms with Crippen molar-refractivity contribution in [1.82, 2.24) is 4.98 Å². The molecule has 1 aliphatic carbocycles. The molecule has 1 fully saturated rings. The van der Waals surface area contributed by atoms with E-state index in [1.165, 1.54) is 12.5 Å². The second-order valence-corrected chi connectivity index (χ2v) is 5.34. The van der Waals surface area contributed by atoms with Crippen LogP contribution in [0, 0.1) is 11.7 Å². The minimum atomic E-state index is -0.310. The number of pyridine rings is 1. The zero-order valence-electron chi connectivity index (χ0n) is 10.0. The Morgan fingerprint density at radius 2 is 2.47 bits per heavy atom. The highest BCUT2D eigenvalue weighted by Crippen LogP contribution is 2.35. The first-order valence-corrected chi connectivity index (χ1v) is 6.63. The Labute approximate surface area is 107 Å². The molecule has 0 aromatic carbocycles. The van der Waals surface area contributed by atoms with Crippen LogP contribution >= 0.6 is 11.6 Å². The Bertz CT molecular complexity index is 385. The highest BCUT2D eigenvalue weighted by atomic mass is 35.5. The highest BCUT2D eigenvalue weighted by molar-refractivity contribution is 6.18. The number of hydrogen-bond acceptors (Lipinski definition) is 2. The molecule has 1 aliphatic rings. The molecule has 1 heterocycles. The van der Waals surface area contributed by atoms with Gasteiger partial charge in [0.05, 0.1) is 5.54 Å². The molecule has 1 N–H and O–H groups in total. The summed E-state index contributed by atoms with van der Waals surface area (Å²) in [5.41, 5.74) is -0.200. The third-order valence-corrected chi connectivity index (χ3v) is 4.00. The molecule has 1 aromatic rings. The van der Waals surface area contributed by atoms with Gasteiger partial charge in [-0.05, 0) is 30.9 Å². The van der Waals surface area contributed by atoms with Gasteiger partial charge in [-0.3, -0.25) is 0 Å². The van der Waals surface area contributed by atoms with Crippen molar-refractivity contribution >= 4 is 17.4 Å². The largest absolute Gasteiger partial charge is 0.361 e. The van der Waals surface area contributed by atoms with Crippen LogP contribution in [0.15, 0.2) is 18.3 Å². The molecule has 2 nitrogen and oxygen atoms in total. The first-order valence-electron chi connectivity index (χ1n) is 6.10. The fourth-order valence-corrected chi connectivity index (χ4v) is 2.97. The predicted octanol–water partition coefficient (Wildman–Crippen LogP) is 3.82. The lowest BCUT2D eigenvalue weighted by Crippen LogP contribution is -2.44. The standard InChI is InChI=1S/C13H18ClFN2/c1-10-4-2-6-13(8-10,9-14)17-12-11(15)5-3-7-16-12/h3,5,7,10H,2,4,6,8-9H2,1H3,(H,16,17). The summed E-state index contributed by atoms with van der Waals surface area (Å²) >= 11 is 6.09. The van der Waals surface area contributed by atoms with Crippen molar-refractivity contribution in [2.24, 2.45) is 5.92 Å². The van der Waals surface area contributed by atoms with E-state index in [9.17, 15) is 4.39 Å². The average Bonchev–Trinajstić information content (AvgIpc) is 2.32. The molecule has 0 spiro atoms. The molecular weight excluding hydrogens is 239 g/mol. The van der Waals surface area contributed by atoms with Crippen LogP contribution < -0.4 is 5.32 Å². The van der Waals surface area contributed by atoms with Crippen molar-refractivity contribution in [3.8, 4) is 0 Å². The first kappa shape index (κ1) is 12.6. The van der Waals surface area contributed by atoms with Gasteiger partial charge in [-0.1, -0.05) is 19.8 Å². The summed E-state index contributed by atoms with van der Waals surface area (Å²) < 4.78 is 13.6. The minimum Gasteiger partial charge on any atom is -0.361 e. The van der Waals surface area contributed by atoms with Crippen LogP contribution in [-0.4, -0.2) is 16.4 Å². The number of aromatic nitrogens is 1. The van der Waals surface area contributed by atoms with Crippen LogP contribution in [0.25, 0.3) is 0 Å². The third-order valence-electron chi connectivity index (χ3n) is 3.49. The molecule has 1 saturated carbocycles. The number of rotatable bonds is 3. The van der Waals surface area contributed by atoms with Crippen LogP contribution in [0.2, 0.25) is 0 Å². The lowest BCUT2D eigenvalue weighted by atomic mass is 9.77. The summed E-state index contributed by atoms with van der Waals surface area (Å²) in [7, 11) is 0. The van der Waals surface area contributed by atoms with E-state index in [4.69, 9.17) is 11.6 Å². The Hall–Kier alpha value is -0.830. The smallest absolute Gasteiger partial charge is 0.165 e. The number of nitrogens with zero attached hydrogens (tertiary/aromatic N) is 1. The van der Waals surface area contributed by atoms with Crippen molar-refractivity contribution in [3.63, 3.8) is 0 Å². The van der Waals surface area contributed by atoms with Gasteiger partial charge in [-0.2, -0.15) is 0 Å². The number of anilines is 1. The molecule has 2 atom stereocenters. The Morgan fingerprint density at radius 1 is 1.65 bits per heavy atom. The molecule has 2 rings (SSSR count). The Balaban J connectivity index is 2.17. The maximum absolute atomic E-state index is 13.6. The molecular formula is C13H18ClFN2. The zero-order chi connectivity index (χ0) is 12.3. The summed E-state index contributed by atoms with van der Waals surface area (Å²) in [5, 5.41) is 3.22. The fraction of sp³-hybridized carbons (Fsp3) is 0.615. The summed E-state index contributed by atoms with van der Waals surface area (Å²) in [6, 6.07) is 3.01. The summed E-state index contributed by atoms with van der Waals surface area (Å²) in [5.74, 6) is 1.13. The summed E-state index contributed by atoms with van der Waals surface area (Å²) in [6.07, 6.45) is 5.92. The SMILES string of the molecule is CC1CCCC(CCl)(Nc2ncccc2F)C1. The molecule has 0 bridgehead atoms. The molecule has 0 amide bonds. The van der Waals surface area contributed by atoms with Gasteiger partial charge in [0.25, 0.3) is 0 Å². The Kier molecular flexibility index (Phi) is 3.87. The second-order valence-electron chi connectivity index (χ2n) is 5.07. The molecule has 0 aliphatic heterocycles. The van der Waals surface area contributed by atoms with Crippen LogP contribution in [0.4, 0.5) is 10.2 Å². The van der Waals surface area contributed by atoms with Gasteiger partial charge in [0.15, 0.2) is 11.6 Å². The zero-order valence-corrected chi connectivity index (χ0v) is 10.8. The van der Waals surface area contributed by atoms with E-state index in [-0.39, 0.29) is 11.4 Å². The lowest BCUT2D eigenvalue weighted by Gasteiger charge is -2.39. The van der Waals surface area contributed by atoms with Crippen molar-refractivity contribution in [2.75, 3.05) is 11.2 Å². The van der Waals surface area contributed by atoms with Crippen molar-refractivity contribution in [1.29, 1.82) is 0 Å². The van der Waals surface area contributed by atoms with E-state index in [0.717, 1.165) is 19.3 Å². The quantitative estimate of drug-likeness (QED) is 0.832. The number of halogens is 2. The third kappa shape index (κ3) is 2.89. The van der Waals surface area contributed by atoms with Gasteiger partial charge in [0.2, 0.25) is 0 Å². The van der Waals surface area contributed by atoms with Crippen molar-refractivity contribution in [2.45, 2.75) is 38.1 Å². The topological polar surface area (TPSA) is 24.9 Å². The van der Waals surface area contributed by atoms with Crippen LogP contribution in [0.1, 0.15) is 32.6 Å². The van der Waals surface area contributed by atoms with E-state index < -0.39 is 0 Å². The normalized spacial score (nSPS) is 29.0. The average molecular weight is 257 g/mol. The molecule has 2 unspecified atom stereocenters. The first-order chi connectivity index (χ1) is 8.15. The second kappa shape index (κ2) is 5.21. The highest BCUT2D eigenvalue weighted by Gasteiger charge is 2.34. The number of alkyl halides is 1. The lowest BCUT2D eigenvalue weighted by molar-refractivity contribution is 0.278. The van der Waals surface area contributed by atoms with Crippen LogP contribution in [0.3, 0.4) is 0 Å². The van der Waals surface area contributed by atoms with Gasteiger partial charge < -0.3 is 5.32 Å². The number of hydrogen-bond donors (Lipinski definition) is 1. The van der Waals surface area contributed by atoms with Crippen LogP contribution in [0.5, 0.6) is 0 Å². The van der Waals surface area contributed by atoms with Crippen LogP contribution in [-0.2, 0) is 0 Å². The maximum atomic E-state index is 13.6. The summed E-state index contributed by atoms with van der Waals surface area (Å²) in [4.78, 5) is 4.05.